The average Bonchev–Trinajstić information content (AvgIpc) is 3.07. The highest BCUT2D eigenvalue weighted by Gasteiger charge is 2.22. The normalized spacial score (nSPS) is 16.5. The Bertz CT molecular complexity index is 994. The van der Waals surface area contributed by atoms with Crippen molar-refractivity contribution in [3.05, 3.63) is 34.5 Å². The maximum Gasteiger partial charge on any atom is 0.409 e. The van der Waals surface area contributed by atoms with Crippen molar-refractivity contribution >= 4 is 38.9 Å². The molecule has 0 spiro atoms. The summed E-state index contributed by atoms with van der Waals surface area (Å²) in [5.74, 6) is -0.841. The molecule has 11 nitrogen and oxygen atoms in total. The number of ether oxygens (including phenoxy) is 2. The van der Waals surface area contributed by atoms with Gasteiger partial charge in [0.1, 0.15) is 5.71 Å². The molecule has 0 radical (unpaired) electrons. The number of amides is 1. The van der Waals surface area contributed by atoms with E-state index in [9.17, 15) is 9.59 Å². The fourth-order valence-electron chi connectivity index (χ4n) is 2.43. The quantitative estimate of drug-likeness (QED) is 0.416. The number of carbonyl (C=O) groups excluding carboxylic acids is 1. The Morgan fingerprint density at radius 3 is 2.97 bits per heavy atom. The minimum absolute atomic E-state index is 0.0118. The van der Waals surface area contributed by atoms with Crippen LogP contribution in [0.1, 0.15) is 23.9 Å². The number of allylic oxidation sites excluding steroid dienone is 1. The topological polar surface area (TPSA) is 156 Å². The average molecular weight is 421 g/mol. The summed E-state index contributed by atoms with van der Waals surface area (Å²) in [7, 11) is 1.35. The van der Waals surface area contributed by atoms with E-state index in [-0.39, 0.29) is 22.7 Å². The Labute approximate surface area is 169 Å². The summed E-state index contributed by atoms with van der Waals surface area (Å²) in [6.45, 7) is 3.00. The molecular formula is C17H21N6O5S+. The Morgan fingerprint density at radius 2 is 2.31 bits per heavy atom. The SMILES string of the molecule is COc1c(NC[C@@H]2CCO2)cc(C(=O)Nc2nnc(/[NH+]=C(C)/C=C\N)s2)oc1=O. The number of methoxy groups -OCH3 is 1. The lowest BCUT2D eigenvalue weighted by Crippen LogP contribution is -2.65. The molecule has 154 valence electrons. The maximum atomic E-state index is 12.5. The number of hydrogen-bond donors (Lipinski definition) is 4. The van der Waals surface area contributed by atoms with Gasteiger partial charge in [-0.05, 0) is 42.1 Å². The third-order valence-electron chi connectivity index (χ3n) is 3.95. The van der Waals surface area contributed by atoms with Crippen molar-refractivity contribution in [2.45, 2.75) is 19.4 Å². The summed E-state index contributed by atoms with van der Waals surface area (Å²) in [6.07, 6.45) is 4.04. The summed E-state index contributed by atoms with van der Waals surface area (Å²) in [5, 5.41) is 14.1. The van der Waals surface area contributed by atoms with E-state index in [1.165, 1.54) is 19.4 Å². The van der Waals surface area contributed by atoms with Gasteiger partial charge in [0.25, 0.3) is 5.91 Å². The van der Waals surface area contributed by atoms with Crippen LogP contribution in [-0.2, 0) is 4.74 Å². The molecule has 0 aliphatic carbocycles. The minimum atomic E-state index is -0.768. The summed E-state index contributed by atoms with van der Waals surface area (Å²) in [4.78, 5) is 27.7. The van der Waals surface area contributed by atoms with Crippen LogP contribution in [0, 0.1) is 0 Å². The zero-order chi connectivity index (χ0) is 20.8. The number of anilines is 2. The van der Waals surface area contributed by atoms with Crippen molar-refractivity contribution in [3.63, 3.8) is 0 Å². The number of nitrogens with one attached hydrogen (secondary N) is 3. The molecule has 1 atom stereocenters. The summed E-state index contributed by atoms with van der Waals surface area (Å²) < 4.78 is 15.5. The largest absolute Gasteiger partial charge is 0.488 e. The number of carbonyl (C=O) groups is 1. The highest BCUT2D eigenvalue weighted by Crippen LogP contribution is 2.23. The van der Waals surface area contributed by atoms with E-state index in [1.807, 2.05) is 0 Å². The predicted octanol–water partition coefficient (Wildman–Crippen LogP) is -0.402. The number of rotatable bonds is 8. The van der Waals surface area contributed by atoms with Gasteiger partial charge in [-0.1, -0.05) is 0 Å². The van der Waals surface area contributed by atoms with Gasteiger partial charge in [0.2, 0.25) is 10.9 Å². The first-order valence-corrected chi connectivity index (χ1v) is 9.53. The lowest BCUT2D eigenvalue weighted by Gasteiger charge is -2.27. The molecule has 0 unspecified atom stereocenters. The first-order chi connectivity index (χ1) is 14.0. The zero-order valence-electron chi connectivity index (χ0n) is 15.9. The van der Waals surface area contributed by atoms with Crippen molar-refractivity contribution in [3.8, 4) is 5.75 Å². The Hall–Kier alpha value is -3.25. The smallest absolute Gasteiger partial charge is 0.409 e. The maximum absolute atomic E-state index is 12.5. The van der Waals surface area contributed by atoms with Gasteiger partial charge in [-0.25, -0.2) is 9.79 Å². The van der Waals surface area contributed by atoms with E-state index in [4.69, 9.17) is 19.6 Å². The minimum Gasteiger partial charge on any atom is -0.488 e. The first-order valence-electron chi connectivity index (χ1n) is 8.71. The van der Waals surface area contributed by atoms with Crippen LogP contribution < -0.4 is 31.7 Å². The van der Waals surface area contributed by atoms with Gasteiger partial charge in [-0.3, -0.25) is 10.1 Å². The summed E-state index contributed by atoms with van der Waals surface area (Å²) in [6, 6.07) is 1.40. The van der Waals surface area contributed by atoms with Crippen LogP contribution in [0.15, 0.2) is 27.6 Å². The third-order valence-corrected chi connectivity index (χ3v) is 4.70. The lowest BCUT2D eigenvalue weighted by molar-refractivity contribution is -0.353. The molecular weight excluding hydrogens is 400 g/mol. The lowest BCUT2D eigenvalue weighted by atomic mass is 10.2. The Balaban J connectivity index is 1.74. The highest BCUT2D eigenvalue weighted by atomic mass is 32.1. The molecule has 1 aliphatic heterocycles. The van der Waals surface area contributed by atoms with E-state index in [0.29, 0.717) is 24.0 Å². The number of aromatic nitrogens is 2. The molecule has 1 saturated heterocycles. The van der Waals surface area contributed by atoms with E-state index < -0.39 is 11.5 Å². The van der Waals surface area contributed by atoms with E-state index in [1.54, 1.807) is 13.0 Å². The number of nitrogens with two attached hydrogens (primary N) is 1. The van der Waals surface area contributed by atoms with Crippen molar-refractivity contribution in [2.75, 3.05) is 30.9 Å². The third kappa shape index (κ3) is 5.18. The van der Waals surface area contributed by atoms with Crippen molar-refractivity contribution in [1.82, 2.24) is 10.2 Å². The van der Waals surface area contributed by atoms with Crippen LogP contribution in [0.2, 0.25) is 0 Å². The predicted molar refractivity (Wildman–Crippen MR) is 107 cm³/mol. The monoisotopic (exact) mass is 421 g/mol. The second-order valence-corrected chi connectivity index (χ2v) is 7.02. The molecule has 2 aromatic rings. The first kappa shape index (κ1) is 20.5. The van der Waals surface area contributed by atoms with Crippen LogP contribution in [0.4, 0.5) is 16.0 Å². The second kappa shape index (κ2) is 9.30. The molecule has 5 N–H and O–H groups in total. The summed E-state index contributed by atoms with van der Waals surface area (Å²) >= 11 is 1.11. The van der Waals surface area contributed by atoms with Gasteiger partial charge >= 0.3 is 10.8 Å². The fraction of sp³-hybridized carbons (Fsp3) is 0.353. The highest BCUT2D eigenvalue weighted by molar-refractivity contribution is 7.18. The van der Waals surface area contributed by atoms with E-state index >= 15 is 0 Å². The van der Waals surface area contributed by atoms with Gasteiger partial charge in [-0.15, -0.1) is 0 Å². The van der Waals surface area contributed by atoms with Crippen LogP contribution in [0.5, 0.6) is 5.75 Å². The van der Waals surface area contributed by atoms with Gasteiger partial charge in [0, 0.05) is 19.2 Å². The van der Waals surface area contributed by atoms with Crippen molar-refractivity contribution in [2.24, 2.45) is 5.73 Å². The fourth-order valence-corrected chi connectivity index (χ4v) is 3.13. The van der Waals surface area contributed by atoms with Gasteiger partial charge < -0.3 is 24.9 Å². The second-order valence-electron chi connectivity index (χ2n) is 6.04. The van der Waals surface area contributed by atoms with Crippen molar-refractivity contribution < 1.29 is 23.7 Å². The number of hydrogen-bond acceptors (Lipinski definition) is 10. The molecule has 12 heteroatoms. The standard InChI is InChI=1S/C17H20N6O5S/c1-9(3-5-18)20-16-22-23-17(29-16)21-14(24)12-7-11(13(26-2)15(25)28-12)19-8-10-4-6-27-10/h3,5,7,10,19H,4,6,8,18H2,1-2H3,(H,21,23,24)/p+1/b5-3-,20-9+/t10-/m0/s1. The van der Waals surface area contributed by atoms with Gasteiger partial charge in [0.15, 0.2) is 5.76 Å². The Morgan fingerprint density at radius 1 is 1.52 bits per heavy atom. The van der Waals surface area contributed by atoms with Gasteiger partial charge in [-0.2, -0.15) is 0 Å². The van der Waals surface area contributed by atoms with Gasteiger partial charge in [0.05, 0.1) is 24.0 Å². The molecule has 29 heavy (non-hydrogen) atoms. The Kier molecular flexibility index (Phi) is 6.57. The molecule has 0 bridgehead atoms. The van der Waals surface area contributed by atoms with Crippen LogP contribution in [0.3, 0.4) is 0 Å². The van der Waals surface area contributed by atoms with E-state index in [2.05, 4.69) is 25.8 Å². The molecule has 1 aliphatic rings. The summed E-state index contributed by atoms with van der Waals surface area (Å²) in [5.41, 5.74) is 5.66. The number of nitrogens with zero attached hydrogens (tertiary/aromatic N) is 2. The molecule has 3 heterocycles. The van der Waals surface area contributed by atoms with Crippen LogP contribution >= 0.6 is 11.3 Å². The molecule has 0 aromatic carbocycles. The van der Waals surface area contributed by atoms with Crippen molar-refractivity contribution in [1.29, 1.82) is 0 Å². The molecule has 0 saturated carbocycles. The zero-order valence-corrected chi connectivity index (χ0v) is 16.7. The molecule has 1 fully saturated rings. The molecule has 2 aromatic heterocycles. The van der Waals surface area contributed by atoms with E-state index in [0.717, 1.165) is 23.5 Å². The molecule has 1 amide bonds. The molecule has 3 rings (SSSR count). The van der Waals surface area contributed by atoms with Crippen LogP contribution in [-0.4, -0.2) is 48.2 Å². The van der Waals surface area contributed by atoms with Crippen LogP contribution in [0.25, 0.3) is 0 Å².